The Kier molecular flexibility index (Phi) is 5.53. The molecule has 7 nitrogen and oxygen atoms in total. The maximum Gasteiger partial charge on any atom is 0.339 e. The van der Waals surface area contributed by atoms with Crippen molar-refractivity contribution in [2.24, 2.45) is 10.8 Å². The number of esters is 1. The highest BCUT2D eigenvalue weighted by Gasteiger charge is 2.51. The highest BCUT2D eigenvalue weighted by atomic mass is 16.5. The number of ether oxygens (including phenoxy) is 1. The van der Waals surface area contributed by atoms with Crippen molar-refractivity contribution in [1.29, 1.82) is 0 Å². The molecule has 4 rings (SSSR count). The van der Waals surface area contributed by atoms with E-state index in [1.165, 1.54) is 25.4 Å². The van der Waals surface area contributed by atoms with Gasteiger partial charge in [-0.05, 0) is 66.5 Å². The summed E-state index contributed by atoms with van der Waals surface area (Å²) in [6.45, 7) is 7.67. The molecule has 2 atom stereocenters. The van der Waals surface area contributed by atoms with Crippen LogP contribution in [-0.4, -0.2) is 47.4 Å². The van der Waals surface area contributed by atoms with Crippen molar-refractivity contribution in [1.82, 2.24) is 9.88 Å². The molecule has 2 bridgehead atoms. The van der Waals surface area contributed by atoms with Gasteiger partial charge in [-0.2, -0.15) is 0 Å². The first-order valence-electron chi connectivity index (χ1n) is 10.9. The molecule has 1 saturated heterocycles. The van der Waals surface area contributed by atoms with Crippen molar-refractivity contribution in [3.05, 3.63) is 59.4 Å². The van der Waals surface area contributed by atoms with E-state index in [0.717, 1.165) is 25.8 Å². The van der Waals surface area contributed by atoms with Crippen LogP contribution in [0.3, 0.4) is 0 Å². The Morgan fingerprint density at radius 3 is 2.34 bits per heavy atom. The number of benzene rings is 1. The van der Waals surface area contributed by atoms with Gasteiger partial charge in [-0.3, -0.25) is 14.6 Å². The van der Waals surface area contributed by atoms with Crippen LogP contribution in [0.1, 0.15) is 71.2 Å². The van der Waals surface area contributed by atoms with Crippen LogP contribution >= 0.6 is 0 Å². The molecule has 2 fully saturated rings. The van der Waals surface area contributed by atoms with Gasteiger partial charge < -0.3 is 15.0 Å². The SMILES string of the molecule is COC(=O)c1ccc(C(=O)Nc2ccc(C(=O)N3CC4(C)CC3CC(C)(C)C4)cc2)nc1. The predicted octanol–water partition coefficient (Wildman–Crippen LogP) is 4.16. The fourth-order valence-electron chi connectivity index (χ4n) is 5.52. The molecule has 168 valence electrons. The molecular formula is C25H29N3O4. The molecule has 32 heavy (non-hydrogen) atoms. The summed E-state index contributed by atoms with van der Waals surface area (Å²) >= 11 is 0. The predicted molar refractivity (Wildman–Crippen MR) is 121 cm³/mol. The van der Waals surface area contributed by atoms with Crippen LogP contribution in [0.4, 0.5) is 5.69 Å². The Hall–Kier alpha value is -3.22. The fraction of sp³-hybridized carbons (Fsp3) is 0.440. The molecule has 0 spiro atoms. The van der Waals surface area contributed by atoms with E-state index in [-0.39, 0.29) is 34.0 Å². The number of amides is 2. The van der Waals surface area contributed by atoms with Gasteiger partial charge in [0.1, 0.15) is 5.69 Å². The van der Waals surface area contributed by atoms with Crippen molar-refractivity contribution >= 4 is 23.5 Å². The molecule has 1 aromatic heterocycles. The minimum absolute atomic E-state index is 0.0503. The van der Waals surface area contributed by atoms with Gasteiger partial charge in [0, 0.05) is 30.0 Å². The van der Waals surface area contributed by atoms with Gasteiger partial charge in [-0.15, -0.1) is 0 Å². The lowest BCUT2D eigenvalue weighted by molar-refractivity contribution is 0.0599. The molecule has 2 aliphatic rings. The van der Waals surface area contributed by atoms with Gasteiger partial charge in [0.25, 0.3) is 11.8 Å². The second-order valence-electron chi connectivity index (χ2n) is 10.1. The van der Waals surface area contributed by atoms with E-state index in [1.54, 1.807) is 24.3 Å². The lowest BCUT2D eigenvalue weighted by Gasteiger charge is -2.39. The molecule has 0 radical (unpaired) electrons. The normalized spacial score (nSPS) is 23.5. The number of aromatic nitrogens is 1. The quantitative estimate of drug-likeness (QED) is 0.729. The average Bonchev–Trinajstić information content (AvgIpc) is 3.01. The number of anilines is 1. The Balaban J connectivity index is 1.42. The van der Waals surface area contributed by atoms with E-state index >= 15 is 0 Å². The first-order chi connectivity index (χ1) is 15.1. The van der Waals surface area contributed by atoms with E-state index in [2.05, 4.69) is 35.8 Å². The Morgan fingerprint density at radius 2 is 1.72 bits per heavy atom. The molecule has 1 aliphatic carbocycles. The number of methoxy groups -OCH3 is 1. The first-order valence-corrected chi connectivity index (χ1v) is 10.9. The smallest absolute Gasteiger partial charge is 0.339 e. The number of nitrogens with zero attached hydrogens (tertiary/aromatic N) is 2. The van der Waals surface area contributed by atoms with E-state index in [9.17, 15) is 14.4 Å². The molecule has 2 heterocycles. The zero-order valence-corrected chi connectivity index (χ0v) is 19.0. The van der Waals surface area contributed by atoms with Crippen LogP contribution in [0.5, 0.6) is 0 Å². The van der Waals surface area contributed by atoms with Crippen LogP contribution < -0.4 is 5.32 Å². The molecule has 2 aromatic rings. The molecule has 7 heteroatoms. The number of hydrogen-bond acceptors (Lipinski definition) is 5. The molecule has 1 aromatic carbocycles. The van der Waals surface area contributed by atoms with Gasteiger partial charge in [-0.1, -0.05) is 20.8 Å². The van der Waals surface area contributed by atoms with Gasteiger partial charge in [0.15, 0.2) is 0 Å². The summed E-state index contributed by atoms with van der Waals surface area (Å²) in [5.41, 5.74) is 2.08. The van der Waals surface area contributed by atoms with Crippen LogP contribution in [0.25, 0.3) is 0 Å². The Labute approximate surface area is 188 Å². The highest BCUT2D eigenvalue weighted by molar-refractivity contribution is 6.03. The zero-order valence-electron chi connectivity index (χ0n) is 19.0. The standard InChI is InChI=1S/C25H29N3O4/c1-24(2)11-19-12-25(3,14-24)15-28(19)22(30)16-5-8-18(9-6-16)27-21(29)20-10-7-17(13-26-20)23(31)32-4/h5-10,13,19H,11-12,14-15H2,1-4H3,(H,27,29). The number of rotatable bonds is 4. The second kappa shape index (κ2) is 8.04. The van der Waals surface area contributed by atoms with Crippen molar-refractivity contribution in [2.75, 3.05) is 19.0 Å². The van der Waals surface area contributed by atoms with Gasteiger partial charge in [-0.25, -0.2) is 4.79 Å². The summed E-state index contributed by atoms with van der Waals surface area (Å²) in [6, 6.07) is 10.2. The third kappa shape index (κ3) is 4.38. The van der Waals surface area contributed by atoms with Gasteiger partial charge >= 0.3 is 5.97 Å². The zero-order chi connectivity index (χ0) is 23.1. The minimum Gasteiger partial charge on any atom is -0.465 e. The third-order valence-corrected chi connectivity index (χ3v) is 6.48. The van der Waals surface area contributed by atoms with E-state index in [0.29, 0.717) is 11.3 Å². The number of carbonyl (C=O) groups excluding carboxylic acids is 3. The van der Waals surface area contributed by atoms with Crippen LogP contribution in [0, 0.1) is 10.8 Å². The van der Waals surface area contributed by atoms with Crippen LogP contribution in [-0.2, 0) is 4.74 Å². The fourth-order valence-corrected chi connectivity index (χ4v) is 5.52. The Bertz CT molecular complexity index is 1050. The van der Waals surface area contributed by atoms with Crippen molar-refractivity contribution in [3.8, 4) is 0 Å². The number of likely N-dealkylation sites (tertiary alicyclic amines) is 1. The number of pyridine rings is 1. The molecule has 2 amide bonds. The van der Waals surface area contributed by atoms with Crippen molar-refractivity contribution in [3.63, 3.8) is 0 Å². The maximum absolute atomic E-state index is 13.2. The molecule has 1 aliphatic heterocycles. The summed E-state index contributed by atoms with van der Waals surface area (Å²) in [5, 5.41) is 2.77. The van der Waals surface area contributed by atoms with E-state index in [1.807, 2.05) is 4.90 Å². The summed E-state index contributed by atoms with van der Waals surface area (Å²) in [4.78, 5) is 43.2. The largest absolute Gasteiger partial charge is 0.465 e. The molecule has 1 saturated carbocycles. The summed E-state index contributed by atoms with van der Waals surface area (Å²) in [6.07, 6.45) is 4.54. The lowest BCUT2D eigenvalue weighted by Crippen LogP contribution is -2.37. The molecule has 2 unspecified atom stereocenters. The topological polar surface area (TPSA) is 88.6 Å². The maximum atomic E-state index is 13.2. The summed E-state index contributed by atoms with van der Waals surface area (Å²) in [7, 11) is 1.29. The number of nitrogens with one attached hydrogen (secondary N) is 1. The Morgan fingerprint density at radius 1 is 1.03 bits per heavy atom. The first kappa shape index (κ1) is 22.0. The molecular weight excluding hydrogens is 406 g/mol. The minimum atomic E-state index is -0.510. The van der Waals surface area contributed by atoms with Crippen molar-refractivity contribution < 1.29 is 19.1 Å². The average molecular weight is 436 g/mol. The number of carbonyl (C=O) groups is 3. The van der Waals surface area contributed by atoms with Crippen LogP contribution in [0.2, 0.25) is 0 Å². The van der Waals surface area contributed by atoms with E-state index < -0.39 is 11.9 Å². The van der Waals surface area contributed by atoms with Crippen LogP contribution in [0.15, 0.2) is 42.6 Å². The van der Waals surface area contributed by atoms with E-state index in [4.69, 9.17) is 0 Å². The summed E-state index contributed by atoms with van der Waals surface area (Å²) in [5.74, 6) is -0.859. The van der Waals surface area contributed by atoms with Gasteiger partial charge in [0.05, 0.1) is 12.7 Å². The van der Waals surface area contributed by atoms with Crippen molar-refractivity contribution in [2.45, 2.75) is 46.1 Å². The number of hydrogen-bond donors (Lipinski definition) is 1. The van der Waals surface area contributed by atoms with Gasteiger partial charge in [0.2, 0.25) is 0 Å². The lowest BCUT2D eigenvalue weighted by atomic mass is 9.65. The third-order valence-electron chi connectivity index (χ3n) is 6.48. The summed E-state index contributed by atoms with van der Waals surface area (Å²) < 4.78 is 4.63. The number of fused-ring (bicyclic) bond motifs is 2. The monoisotopic (exact) mass is 435 g/mol. The second-order valence-corrected chi connectivity index (χ2v) is 10.1. The highest BCUT2D eigenvalue weighted by Crippen LogP contribution is 2.52. The molecule has 1 N–H and O–H groups in total.